The maximum absolute atomic E-state index is 12.7. The highest BCUT2D eigenvalue weighted by Crippen LogP contribution is 2.44. The van der Waals surface area contributed by atoms with Crippen LogP contribution < -0.4 is 10.6 Å². The van der Waals surface area contributed by atoms with E-state index in [-0.39, 0.29) is 31.4 Å². The van der Waals surface area contributed by atoms with Gasteiger partial charge in [0.15, 0.2) is 6.04 Å². The fraction of sp³-hybridized carbons (Fsp3) is 0.250. The lowest BCUT2D eigenvalue weighted by atomic mass is 9.98. The molecule has 4 aromatic rings. The molecule has 5 rings (SSSR count). The minimum absolute atomic E-state index is 0.0287. The quantitative estimate of drug-likeness (QED) is 0.233. The number of amides is 2. The normalized spacial score (nSPS) is 13.5. The van der Waals surface area contributed by atoms with Gasteiger partial charge in [-0.1, -0.05) is 78.9 Å². The second kappa shape index (κ2) is 13.1. The number of fused-ring (bicyclic) bond motifs is 3. The van der Waals surface area contributed by atoms with E-state index in [1.165, 1.54) is 12.5 Å². The van der Waals surface area contributed by atoms with Crippen LogP contribution in [0.25, 0.3) is 11.1 Å². The highest BCUT2D eigenvalue weighted by Gasteiger charge is 2.30. The average Bonchev–Trinajstić information content (AvgIpc) is 3.61. The molecule has 1 aliphatic rings. The van der Waals surface area contributed by atoms with Gasteiger partial charge in [-0.25, -0.2) is 14.6 Å². The molecule has 1 aromatic heterocycles. The highest BCUT2D eigenvalue weighted by molar-refractivity contribution is 5.95. The molecule has 2 unspecified atom stereocenters. The first kappa shape index (κ1) is 28.6. The number of nitrogens with one attached hydrogen (secondary N) is 2. The third kappa shape index (κ3) is 6.67. The summed E-state index contributed by atoms with van der Waals surface area (Å²) in [6.07, 6.45) is 1.61. The predicted octanol–water partition coefficient (Wildman–Crippen LogP) is 4.21. The summed E-state index contributed by atoms with van der Waals surface area (Å²) >= 11 is 0. The summed E-state index contributed by atoms with van der Waals surface area (Å²) in [4.78, 5) is 41.1. The van der Waals surface area contributed by atoms with Crippen LogP contribution in [0, 0.1) is 0 Å². The average molecular weight is 569 g/mol. The van der Waals surface area contributed by atoms with Gasteiger partial charge < -0.3 is 29.8 Å². The first-order valence-corrected chi connectivity index (χ1v) is 13.7. The Hall–Kier alpha value is -4.96. The first-order chi connectivity index (χ1) is 20.4. The number of carboxylic acid groups (broad SMARTS) is 1. The van der Waals surface area contributed by atoms with E-state index in [1.54, 1.807) is 11.5 Å². The largest absolute Gasteiger partial charge is 0.480 e. The third-order valence-corrected chi connectivity index (χ3v) is 7.23. The number of carbonyl (C=O) groups excluding carboxylic acids is 2. The second-order valence-electron chi connectivity index (χ2n) is 10.0. The number of nitrogens with zero attached hydrogens (tertiary/aromatic N) is 2. The van der Waals surface area contributed by atoms with E-state index in [1.807, 2.05) is 54.6 Å². The maximum Gasteiger partial charge on any atom is 0.407 e. The third-order valence-electron chi connectivity index (χ3n) is 7.23. The lowest BCUT2D eigenvalue weighted by Gasteiger charge is -2.21. The number of hydrogen-bond donors (Lipinski definition) is 3. The van der Waals surface area contributed by atoms with E-state index < -0.39 is 30.1 Å². The Labute approximate surface area is 243 Å². The zero-order valence-electron chi connectivity index (χ0n) is 23.1. The smallest absolute Gasteiger partial charge is 0.407 e. The molecule has 2 amide bonds. The van der Waals surface area contributed by atoms with Crippen molar-refractivity contribution in [3.8, 4) is 11.1 Å². The molecular weight excluding hydrogens is 536 g/mol. The fourth-order valence-electron chi connectivity index (χ4n) is 5.03. The molecule has 42 heavy (non-hydrogen) atoms. The second-order valence-corrected chi connectivity index (χ2v) is 10.0. The van der Waals surface area contributed by atoms with Gasteiger partial charge in [0.25, 0.3) is 5.91 Å². The zero-order chi connectivity index (χ0) is 29.5. The van der Waals surface area contributed by atoms with Gasteiger partial charge in [-0.15, -0.1) is 0 Å². The van der Waals surface area contributed by atoms with Crippen molar-refractivity contribution in [2.24, 2.45) is 0 Å². The van der Waals surface area contributed by atoms with Crippen LogP contribution in [0.5, 0.6) is 0 Å². The molecule has 3 N–H and O–H groups in total. The van der Waals surface area contributed by atoms with Gasteiger partial charge in [-0.3, -0.25) is 4.79 Å². The number of carboxylic acids is 1. The highest BCUT2D eigenvalue weighted by atomic mass is 16.5. The summed E-state index contributed by atoms with van der Waals surface area (Å²) < 4.78 is 12.9. The van der Waals surface area contributed by atoms with Gasteiger partial charge in [0.1, 0.15) is 12.3 Å². The Morgan fingerprint density at radius 3 is 2.26 bits per heavy atom. The van der Waals surface area contributed by atoms with Gasteiger partial charge in [-0.2, -0.15) is 0 Å². The number of benzene rings is 3. The van der Waals surface area contributed by atoms with E-state index in [9.17, 15) is 19.5 Å². The number of alkyl carbamates (subject to hydrolysis) is 1. The molecule has 1 heterocycles. The van der Waals surface area contributed by atoms with E-state index in [4.69, 9.17) is 9.47 Å². The molecule has 3 aromatic carbocycles. The summed E-state index contributed by atoms with van der Waals surface area (Å²) in [5.74, 6) is -1.88. The summed E-state index contributed by atoms with van der Waals surface area (Å²) in [7, 11) is 0. The summed E-state index contributed by atoms with van der Waals surface area (Å²) in [6, 6.07) is 24.3. The number of ether oxygens (including phenoxy) is 2. The van der Waals surface area contributed by atoms with Crippen molar-refractivity contribution in [1.82, 2.24) is 20.2 Å². The topological polar surface area (TPSA) is 132 Å². The molecule has 2 atom stereocenters. The molecule has 0 saturated carbocycles. The van der Waals surface area contributed by atoms with E-state index in [0.29, 0.717) is 6.54 Å². The maximum atomic E-state index is 12.7. The molecule has 10 heteroatoms. The number of carbonyl (C=O) groups is 3. The van der Waals surface area contributed by atoms with Crippen LogP contribution in [0.4, 0.5) is 4.79 Å². The van der Waals surface area contributed by atoms with E-state index >= 15 is 0 Å². The molecule has 10 nitrogen and oxygen atoms in total. The Morgan fingerprint density at radius 1 is 0.952 bits per heavy atom. The summed E-state index contributed by atoms with van der Waals surface area (Å²) in [6.45, 7) is 2.61. The number of rotatable bonds is 12. The van der Waals surface area contributed by atoms with Crippen molar-refractivity contribution < 1.29 is 29.0 Å². The monoisotopic (exact) mass is 568 g/mol. The van der Waals surface area contributed by atoms with Gasteiger partial charge in [-0.05, 0) is 34.7 Å². The lowest BCUT2D eigenvalue weighted by Crippen LogP contribution is -2.48. The van der Waals surface area contributed by atoms with Crippen molar-refractivity contribution >= 4 is 18.0 Å². The minimum atomic E-state index is -1.26. The van der Waals surface area contributed by atoms with Crippen molar-refractivity contribution in [2.45, 2.75) is 38.1 Å². The van der Waals surface area contributed by atoms with E-state index in [2.05, 4.69) is 39.9 Å². The van der Waals surface area contributed by atoms with Crippen LogP contribution in [0.2, 0.25) is 0 Å². The van der Waals surface area contributed by atoms with Crippen LogP contribution in [0.1, 0.15) is 40.0 Å². The molecule has 1 aliphatic carbocycles. The van der Waals surface area contributed by atoms with Crippen molar-refractivity contribution in [2.75, 3.05) is 13.2 Å². The zero-order valence-corrected chi connectivity index (χ0v) is 23.1. The number of aromatic nitrogens is 2. The predicted molar refractivity (Wildman–Crippen MR) is 155 cm³/mol. The molecule has 0 saturated heterocycles. The SMILES string of the molecule is CC(OCc1ccccc1)C(NC(=O)c1cn(CCNC(=O)OCC2c3ccccc3-c3ccccc32)cn1)C(=O)O. The number of aliphatic carboxylic acids is 1. The van der Waals surface area contributed by atoms with Crippen LogP contribution in [0.15, 0.2) is 91.4 Å². The molecule has 0 aliphatic heterocycles. The summed E-state index contributed by atoms with van der Waals surface area (Å²) in [5.41, 5.74) is 5.54. The minimum Gasteiger partial charge on any atom is -0.480 e. The molecule has 216 valence electrons. The van der Waals surface area contributed by atoms with Crippen molar-refractivity contribution in [3.05, 3.63) is 114 Å². The van der Waals surface area contributed by atoms with Gasteiger partial charge in [0.2, 0.25) is 0 Å². The number of imidazole rings is 1. The van der Waals surface area contributed by atoms with Gasteiger partial charge >= 0.3 is 12.1 Å². The van der Waals surface area contributed by atoms with Crippen molar-refractivity contribution in [3.63, 3.8) is 0 Å². The van der Waals surface area contributed by atoms with Gasteiger partial charge in [0, 0.05) is 25.2 Å². The first-order valence-electron chi connectivity index (χ1n) is 13.7. The Bertz CT molecular complexity index is 1510. The number of hydrogen-bond acceptors (Lipinski definition) is 6. The van der Waals surface area contributed by atoms with Crippen LogP contribution in [0.3, 0.4) is 0 Å². The standard InChI is InChI=1S/C32H32N4O6/c1-21(41-18-22-9-3-2-4-10-22)29(31(38)39)35-30(37)28-17-36(20-34-28)16-15-33-32(40)42-19-27-25-13-7-5-11-23(25)24-12-6-8-14-26(24)27/h2-14,17,20-21,27,29H,15-16,18-19H2,1H3,(H,33,40)(H,35,37)(H,38,39). The molecule has 0 fully saturated rings. The van der Waals surface area contributed by atoms with Crippen molar-refractivity contribution in [1.29, 1.82) is 0 Å². The molecule has 0 bridgehead atoms. The Balaban J connectivity index is 1.08. The lowest BCUT2D eigenvalue weighted by molar-refractivity contribution is -0.143. The Morgan fingerprint density at radius 2 is 1.60 bits per heavy atom. The van der Waals surface area contributed by atoms with Crippen LogP contribution in [-0.2, 0) is 27.4 Å². The molecular formula is C32H32N4O6. The Kier molecular flexibility index (Phi) is 8.93. The van der Waals surface area contributed by atoms with Crippen LogP contribution in [-0.4, -0.2) is 57.9 Å². The molecule has 0 radical (unpaired) electrons. The summed E-state index contributed by atoms with van der Waals surface area (Å²) in [5, 5.41) is 14.9. The molecule has 0 spiro atoms. The fourth-order valence-corrected chi connectivity index (χ4v) is 5.03. The van der Waals surface area contributed by atoms with E-state index in [0.717, 1.165) is 27.8 Å². The van der Waals surface area contributed by atoms with Gasteiger partial charge in [0.05, 0.1) is 19.0 Å². The van der Waals surface area contributed by atoms with Crippen LogP contribution >= 0.6 is 0 Å².